The van der Waals surface area contributed by atoms with Gasteiger partial charge in [-0.1, -0.05) is 42.5 Å². The predicted octanol–water partition coefficient (Wildman–Crippen LogP) is 4.80. The van der Waals surface area contributed by atoms with Crippen LogP contribution >= 0.6 is 11.3 Å². The molecule has 4 aromatic rings. The van der Waals surface area contributed by atoms with Crippen molar-refractivity contribution in [1.29, 1.82) is 0 Å². The van der Waals surface area contributed by atoms with Crippen molar-refractivity contribution in [2.45, 2.75) is 26.9 Å². The quantitative estimate of drug-likeness (QED) is 0.430. The van der Waals surface area contributed by atoms with Crippen LogP contribution in [0.2, 0.25) is 0 Å². The predicted molar refractivity (Wildman–Crippen MR) is 124 cm³/mol. The van der Waals surface area contributed by atoms with Gasteiger partial charge in [-0.2, -0.15) is 4.98 Å². The monoisotopic (exact) mass is 446 g/mol. The summed E-state index contributed by atoms with van der Waals surface area (Å²) in [5, 5.41) is 9.13. The van der Waals surface area contributed by atoms with Gasteiger partial charge in [0.05, 0.1) is 10.6 Å². The number of rotatable bonds is 6. The van der Waals surface area contributed by atoms with E-state index in [-0.39, 0.29) is 5.82 Å². The standard InChI is InChI=1S/C24H22N4O3S/c1-15-9-7-10-16(2)20(15)25-23(29)17(3)31-24(30)21-26-22(19-13-8-14-32-19)28(27-21)18-11-5-4-6-12-18/h4-14,17H,1-3H3,(H,25,29). The zero-order valence-corrected chi connectivity index (χ0v) is 18.7. The van der Waals surface area contributed by atoms with Crippen molar-refractivity contribution >= 4 is 28.9 Å². The molecule has 0 fully saturated rings. The molecular weight excluding hydrogens is 424 g/mol. The van der Waals surface area contributed by atoms with Gasteiger partial charge in [-0.15, -0.1) is 16.4 Å². The van der Waals surface area contributed by atoms with E-state index in [4.69, 9.17) is 4.74 Å². The van der Waals surface area contributed by atoms with E-state index < -0.39 is 18.0 Å². The Hall–Kier alpha value is -3.78. The lowest BCUT2D eigenvalue weighted by Gasteiger charge is -2.15. The van der Waals surface area contributed by atoms with Crippen LogP contribution in [0, 0.1) is 13.8 Å². The van der Waals surface area contributed by atoms with E-state index in [9.17, 15) is 9.59 Å². The smallest absolute Gasteiger partial charge is 0.379 e. The third kappa shape index (κ3) is 4.45. The molecule has 8 heteroatoms. The minimum absolute atomic E-state index is 0.107. The van der Waals surface area contributed by atoms with Gasteiger partial charge in [-0.05, 0) is 55.5 Å². The molecule has 0 spiro atoms. The molecule has 2 aromatic heterocycles. The van der Waals surface area contributed by atoms with Gasteiger partial charge in [0.25, 0.3) is 11.7 Å². The van der Waals surface area contributed by atoms with Crippen LogP contribution in [0.3, 0.4) is 0 Å². The number of anilines is 1. The fraction of sp³-hybridized carbons (Fsp3) is 0.167. The third-order valence-electron chi connectivity index (χ3n) is 4.91. The van der Waals surface area contributed by atoms with Crippen LogP contribution in [-0.2, 0) is 9.53 Å². The van der Waals surface area contributed by atoms with Crippen molar-refractivity contribution < 1.29 is 14.3 Å². The molecule has 0 radical (unpaired) electrons. The average molecular weight is 447 g/mol. The topological polar surface area (TPSA) is 86.1 Å². The lowest BCUT2D eigenvalue weighted by molar-refractivity contribution is -0.123. The summed E-state index contributed by atoms with van der Waals surface area (Å²) in [6.45, 7) is 5.34. The van der Waals surface area contributed by atoms with Crippen LogP contribution in [-0.4, -0.2) is 32.7 Å². The number of ether oxygens (including phenoxy) is 1. The number of hydrogen-bond donors (Lipinski definition) is 1. The fourth-order valence-corrected chi connectivity index (χ4v) is 3.91. The van der Waals surface area contributed by atoms with Gasteiger partial charge in [0.1, 0.15) is 0 Å². The van der Waals surface area contributed by atoms with Gasteiger partial charge in [-0.3, -0.25) is 4.79 Å². The summed E-state index contributed by atoms with van der Waals surface area (Å²) >= 11 is 1.49. The number of nitrogens with zero attached hydrogens (tertiary/aromatic N) is 3. The molecule has 1 unspecified atom stereocenters. The maximum Gasteiger partial charge on any atom is 0.379 e. The summed E-state index contributed by atoms with van der Waals surface area (Å²) in [4.78, 5) is 30.7. The van der Waals surface area contributed by atoms with E-state index in [1.165, 1.54) is 18.3 Å². The molecule has 2 heterocycles. The van der Waals surface area contributed by atoms with E-state index in [1.54, 1.807) is 4.68 Å². The molecule has 1 N–H and O–H groups in total. The Morgan fingerprint density at radius 3 is 2.38 bits per heavy atom. The number of carbonyl (C=O) groups is 2. The van der Waals surface area contributed by atoms with Crippen molar-refractivity contribution in [3.8, 4) is 16.4 Å². The van der Waals surface area contributed by atoms with E-state index in [0.717, 1.165) is 21.7 Å². The van der Waals surface area contributed by atoms with E-state index in [1.807, 2.05) is 79.9 Å². The molecule has 162 valence electrons. The largest absolute Gasteiger partial charge is 0.447 e. The molecule has 1 atom stereocenters. The van der Waals surface area contributed by atoms with Crippen LogP contribution in [0.15, 0.2) is 66.0 Å². The number of carbonyl (C=O) groups excluding carboxylic acids is 2. The number of thiophene rings is 1. The van der Waals surface area contributed by atoms with Crippen molar-refractivity contribution in [1.82, 2.24) is 14.8 Å². The van der Waals surface area contributed by atoms with Crippen molar-refractivity contribution in [3.05, 3.63) is 83.0 Å². The van der Waals surface area contributed by atoms with Crippen molar-refractivity contribution in [2.75, 3.05) is 5.32 Å². The molecule has 0 aliphatic rings. The second-order valence-electron chi connectivity index (χ2n) is 7.29. The SMILES string of the molecule is Cc1cccc(C)c1NC(=O)C(C)OC(=O)c1nc(-c2cccs2)n(-c2ccccc2)n1. The van der Waals surface area contributed by atoms with E-state index in [2.05, 4.69) is 15.4 Å². The van der Waals surface area contributed by atoms with Crippen molar-refractivity contribution in [2.24, 2.45) is 0 Å². The molecule has 0 saturated heterocycles. The zero-order chi connectivity index (χ0) is 22.7. The Balaban J connectivity index is 1.55. The summed E-state index contributed by atoms with van der Waals surface area (Å²) in [5.74, 6) is -0.756. The number of nitrogens with one attached hydrogen (secondary N) is 1. The molecule has 0 aliphatic heterocycles. The van der Waals surface area contributed by atoms with Gasteiger partial charge in [0, 0.05) is 5.69 Å². The van der Waals surface area contributed by atoms with Crippen LogP contribution in [0.1, 0.15) is 28.7 Å². The lowest BCUT2D eigenvalue weighted by Crippen LogP contribution is -2.30. The molecule has 4 rings (SSSR count). The number of esters is 1. The number of aryl methyl sites for hydroxylation is 2. The highest BCUT2D eigenvalue weighted by Crippen LogP contribution is 2.26. The normalized spacial score (nSPS) is 11.7. The lowest BCUT2D eigenvalue weighted by atomic mass is 10.1. The summed E-state index contributed by atoms with van der Waals surface area (Å²) in [6, 6.07) is 19.0. The Bertz CT molecular complexity index is 1230. The number of benzene rings is 2. The Labute approximate surface area is 189 Å². The highest BCUT2D eigenvalue weighted by molar-refractivity contribution is 7.13. The maximum atomic E-state index is 12.8. The third-order valence-corrected chi connectivity index (χ3v) is 5.78. The van der Waals surface area contributed by atoms with Gasteiger partial charge < -0.3 is 10.1 Å². The number of para-hydroxylation sites is 2. The Morgan fingerprint density at radius 1 is 1.00 bits per heavy atom. The number of amides is 1. The molecular formula is C24H22N4O3S. The summed E-state index contributed by atoms with van der Waals surface area (Å²) in [5.41, 5.74) is 3.34. The first kappa shape index (κ1) is 21.5. The van der Waals surface area contributed by atoms with Gasteiger partial charge >= 0.3 is 5.97 Å². The zero-order valence-electron chi connectivity index (χ0n) is 17.9. The first-order valence-corrected chi connectivity index (χ1v) is 11.0. The van der Waals surface area contributed by atoms with Crippen LogP contribution in [0.4, 0.5) is 5.69 Å². The van der Waals surface area contributed by atoms with E-state index >= 15 is 0 Å². The molecule has 32 heavy (non-hydrogen) atoms. The van der Waals surface area contributed by atoms with Gasteiger partial charge in [-0.25, -0.2) is 9.48 Å². The first-order valence-electron chi connectivity index (χ1n) is 10.1. The second-order valence-corrected chi connectivity index (χ2v) is 8.23. The summed E-state index contributed by atoms with van der Waals surface area (Å²) < 4.78 is 6.99. The average Bonchev–Trinajstić information content (AvgIpc) is 3.46. The Kier molecular flexibility index (Phi) is 6.13. The van der Waals surface area contributed by atoms with Crippen molar-refractivity contribution in [3.63, 3.8) is 0 Å². The molecule has 2 aromatic carbocycles. The molecule has 0 saturated carbocycles. The van der Waals surface area contributed by atoms with Gasteiger partial charge in [0.15, 0.2) is 11.9 Å². The minimum atomic E-state index is -1.02. The number of aromatic nitrogens is 3. The molecule has 7 nitrogen and oxygen atoms in total. The molecule has 1 amide bonds. The van der Waals surface area contributed by atoms with Crippen LogP contribution in [0.25, 0.3) is 16.4 Å². The van der Waals surface area contributed by atoms with Crippen LogP contribution < -0.4 is 5.32 Å². The minimum Gasteiger partial charge on any atom is -0.447 e. The number of hydrogen-bond acceptors (Lipinski definition) is 6. The molecule has 0 aliphatic carbocycles. The fourth-order valence-electron chi connectivity index (χ4n) is 3.22. The summed E-state index contributed by atoms with van der Waals surface area (Å²) in [6.07, 6.45) is -1.02. The molecule has 0 bridgehead atoms. The van der Waals surface area contributed by atoms with Crippen LogP contribution in [0.5, 0.6) is 0 Å². The highest BCUT2D eigenvalue weighted by Gasteiger charge is 2.25. The van der Waals surface area contributed by atoms with E-state index in [0.29, 0.717) is 11.5 Å². The van der Waals surface area contributed by atoms with Gasteiger partial charge in [0.2, 0.25) is 0 Å². The second kappa shape index (κ2) is 9.15. The highest BCUT2D eigenvalue weighted by atomic mass is 32.1. The Morgan fingerprint density at radius 2 is 1.72 bits per heavy atom. The first-order chi connectivity index (χ1) is 15.4. The maximum absolute atomic E-state index is 12.8. The summed E-state index contributed by atoms with van der Waals surface area (Å²) in [7, 11) is 0.